The van der Waals surface area contributed by atoms with Crippen molar-refractivity contribution in [2.45, 2.75) is 25.8 Å². The average molecular weight is 258 g/mol. The standard InChI is InChI=1S/C15H15FN2O/c1-10(11-2-3-11)18-8-13(9-19)15(17-18)12-4-6-14(16)7-5-12/h4-11H,2-3H2,1H3. The Labute approximate surface area is 111 Å². The van der Waals surface area contributed by atoms with Gasteiger partial charge in [0.25, 0.3) is 0 Å². The van der Waals surface area contributed by atoms with Gasteiger partial charge in [-0.05, 0) is 49.9 Å². The molecule has 0 saturated heterocycles. The predicted molar refractivity (Wildman–Crippen MR) is 70.4 cm³/mol. The number of nitrogens with zero attached hydrogens (tertiary/aromatic N) is 2. The molecule has 19 heavy (non-hydrogen) atoms. The fraction of sp³-hybridized carbons (Fsp3) is 0.333. The number of hydrogen-bond donors (Lipinski definition) is 0. The third kappa shape index (κ3) is 2.30. The number of aromatic nitrogens is 2. The maximum Gasteiger partial charge on any atom is 0.153 e. The van der Waals surface area contributed by atoms with Gasteiger partial charge in [0.2, 0.25) is 0 Å². The Bertz CT molecular complexity index is 599. The van der Waals surface area contributed by atoms with Crippen molar-refractivity contribution in [3.8, 4) is 11.3 Å². The molecule has 0 spiro atoms. The summed E-state index contributed by atoms with van der Waals surface area (Å²) >= 11 is 0. The molecule has 1 heterocycles. The van der Waals surface area contributed by atoms with Crippen LogP contribution in [0, 0.1) is 11.7 Å². The van der Waals surface area contributed by atoms with Crippen LogP contribution < -0.4 is 0 Å². The van der Waals surface area contributed by atoms with Crippen molar-refractivity contribution in [2.24, 2.45) is 5.92 Å². The van der Waals surface area contributed by atoms with Crippen LogP contribution in [0.2, 0.25) is 0 Å². The molecule has 1 aliphatic carbocycles. The first-order valence-electron chi connectivity index (χ1n) is 6.49. The molecule has 1 saturated carbocycles. The molecule has 0 amide bonds. The van der Waals surface area contributed by atoms with Crippen LogP contribution in [0.4, 0.5) is 4.39 Å². The number of aldehydes is 1. The minimum absolute atomic E-state index is 0.290. The summed E-state index contributed by atoms with van der Waals surface area (Å²) in [6.07, 6.45) is 5.04. The summed E-state index contributed by atoms with van der Waals surface area (Å²) in [5, 5.41) is 4.51. The summed E-state index contributed by atoms with van der Waals surface area (Å²) in [4.78, 5) is 11.2. The van der Waals surface area contributed by atoms with Crippen molar-refractivity contribution >= 4 is 6.29 Å². The molecule has 0 aliphatic heterocycles. The van der Waals surface area contributed by atoms with Gasteiger partial charge in [-0.25, -0.2) is 4.39 Å². The third-order valence-electron chi connectivity index (χ3n) is 3.73. The molecule has 0 radical (unpaired) electrons. The van der Waals surface area contributed by atoms with Gasteiger partial charge in [0.1, 0.15) is 11.5 Å². The van der Waals surface area contributed by atoms with Crippen LogP contribution in [0.25, 0.3) is 11.3 Å². The van der Waals surface area contributed by atoms with E-state index in [0.29, 0.717) is 23.2 Å². The zero-order valence-corrected chi connectivity index (χ0v) is 10.7. The molecule has 98 valence electrons. The molecule has 3 rings (SSSR count). The Morgan fingerprint density at radius 2 is 2.05 bits per heavy atom. The number of benzene rings is 1. The Morgan fingerprint density at radius 1 is 1.37 bits per heavy atom. The van der Waals surface area contributed by atoms with E-state index in [4.69, 9.17) is 0 Å². The lowest BCUT2D eigenvalue weighted by molar-refractivity contribution is 0.112. The van der Waals surface area contributed by atoms with Crippen LogP contribution in [-0.2, 0) is 0 Å². The Hall–Kier alpha value is -1.97. The molecular formula is C15H15FN2O. The molecular weight excluding hydrogens is 243 g/mol. The zero-order valence-electron chi connectivity index (χ0n) is 10.7. The number of halogens is 1. The van der Waals surface area contributed by atoms with Crippen LogP contribution in [0.3, 0.4) is 0 Å². The van der Waals surface area contributed by atoms with Gasteiger partial charge >= 0.3 is 0 Å². The fourth-order valence-electron chi connectivity index (χ4n) is 2.33. The Morgan fingerprint density at radius 3 is 2.63 bits per heavy atom. The van der Waals surface area contributed by atoms with Gasteiger partial charge in [-0.3, -0.25) is 9.48 Å². The van der Waals surface area contributed by atoms with E-state index < -0.39 is 0 Å². The first-order valence-corrected chi connectivity index (χ1v) is 6.49. The second kappa shape index (κ2) is 4.61. The largest absolute Gasteiger partial charge is 0.298 e. The van der Waals surface area contributed by atoms with Gasteiger partial charge in [-0.1, -0.05) is 0 Å². The van der Waals surface area contributed by atoms with E-state index in [1.54, 1.807) is 18.3 Å². The second-order valence-corrected chi connectivity index (χ2v) is 5.12. The SMILES string of the molecule is CC(C1CC1)n1cc(C=O)c(-c2ccc(F)cc2)n1. The molecule has 0 bridgehead atoms. The highest BCUT2D eigenvalue weighted by Crippen LogP contribution is 2.39. The Balaban J connectivity index is 1.99. The summed E-state index contributed by atoms with van der Waals surface area (Å²) in [6.45, 7) is 2.12. The summed E-state index contributed by atoms with van der Waals surface area (Å²) in [5.74, 6) is 0.377. The highest BCUT2D eigenvalue weighted by Gasteiger charge is 2.30. The lowest BCUT2D eigenvalue weighted by Crippen LogP contribution is -2.07. The number of rotatable bonds is 4. The zero-order chi connectivity index (χ0) is 13.4. The van der Waals surface area contributed by atoms with Gasteiger partial charge in [-0.15, -0.1) is 0 Å². The fourth-order valence-corrected chi connectivity index (χ4v) is 2.33. The normalized spacial score (nSPS) is 16.3. The van der Waals surface area contributed by atoms with Gasteiger partial charge in [0.05, 0.1) is 11.6 Å². The smallest absolute Gasteiger partial charge is 0.153 e. The van der Waals surface area contributed by atoms with Crippen molar-refractivity contribution < 1.29 is 9.18 Å². The molecule has 2 aromatic rings. The van der Waals surface area contributed by atoms with Crippen LogP contribution in [-0.4, -0.2) is 16.1 Å². The molecule has 4 heteroatoms. The van der Waals surface area contributed by atoms with Crippen molar-refractivity contribution in [2.75, 3.05) is 0 Å². The number of carbonyl (C=O) groups is 1. The lowest BCUT2D eigenvalue weighted by Gasteiger charge is -2.09. The van der Waals surface area contributed by atoms with Crippen molar-refractivity contribution in [1.29, 1.82) is 0 Å². The first kappa shape index (κ1) is 12.1. The van der Waals surface area contributed by atoms with Crippen LogP contribution in [0.15, 0.2) is 30.5 Å². The molecule has 1 unspecified atom stereocenters. The van der Waals surface area contributed by atoms with Crippen molar-refractivity contribution in [3.63, 3.8) is 0 Å². The second-order valence-electron chi connectivity index (χ2n) is 5.12. The quantitative estimate of drug-likeness (QED) is 0.787. The van der Waals surface area contributed by atoms with E-state index in [-0.39, 0.29) is 5.82 Å². The molecule has 1 aromatic heterocycles. The summed E-state index contributed by atoms with van der Waals surface area (Å²) in [7, 11) is 0. The first-order chi connectivity index (χ1) is 9.19. The summed E-state index contributed by atoms with van der Waals surface area (Å²) in [6, 6.07) is 6.38. The monoisotopic (exact) mass is 258 g/mol. The van der Waals surface area contributed by atoms with Crippen molar-refractivity contribution in [3.05, 3.63) is 41.8 Å². The van der Waals surface area contributed by atoms with Crippen LogP contribution >= 0.6 is 0 Å². The van der Waals surface area contributed by atoms with Gasteiger partial charge < -0.3 is 0 Å². The van der Waals surface area contributed by atoms with Crippen molar-refractivity contribution in [1.82, 2.24) is 9.78 Å². The molecule has 1 aliphatic rings. The molecule has 1 aromatic carbocycles. The van der Waals surface area contributed by atoms with E-state index in [1.807, 2.05) is 4.68 Å². The van der Waals surface area contributed by atoms with E-state index in [2.05, 4.69) is 12.0 Å². The highest BCUT2D eigenvalue weighted by molar-refractivity contribution is 5.85. The third-order valence-corrected chi connectivity index (χ3v) is 3.73. The number of carbonyl (C=O) groups excluding carboxylic acids is 1. The van der Waals surface area contributed by atoms with E-state index >= 15 is 0 Å². The molecule has 1 atom stereocenters. The maximum absolute atomic E-state index is 12.9. The minimum atomic E-state index is -0.290. The molecule has 1 fully saturated rings. The van der Waals surface area contributed by atoms with Crippen LogP contribution in [0.5, 0.6) is 0 Å². The minimum Gasteiger partial charge on any atom is -0.298 e. The average Bonchev–Trinajstić information content (AvgIpc) is 3.18. The summed E-state index contributed by atoms with van der Waals surface area (Å²) in [5.41, 5.74) is 1.95. The van der Waals surface area contributed by atoms with Gasteiger partial charge in [0.15, 0.2) is 6.29 Å². The molecule has 0 N–H and O–H groups in total. The predicted octanol–water partition coefficient (Wildman–Crippen LogP) is 3.47. The molecule has 3 nitrogen and oxygen atoms in total. The Kier molecular flexibility index (Phi) is 2.93. The lowest BCUT2D eigenvalue weighted by atomic mass is 10.1. The number of hydrogen-bond acceptors (Lipinski definition) is 2. The van der Waals surface area contributed by atoms with E-state index in [9.17, 15) is 9.18 Å². The van der Waals surface area contributed by atoms with E-state index in [0.717, 1.165) is 11.8 Å². The van der Waals surface area contributed by atoms with Gasteiger partial charge in [0, 0.05) is 11.8 Å². The van der Waals surface area contributed by atoms with E-state index in [1.165, 1.54) is 25.0 Å². The highest BCUT2D eigenvalue weighted by atomic mass is 19.1. The maximum atomic E-state index is 12.9. The summed E-state index contributed by atoms with van der Waals surface area (Å²) < 4.78 is 14.8. The topological polar surface area (TPSA) is 34.9 Å². The van der Waals surface area contributed by atoms with Crippen LogP contribution in [0.1, 0.15) is 36.2 Å². The van der Waals surface area contributed by atoms with Gasteiger partial charge in [-0.2, -0.15) is 5.10 Å².